The molecule has 8 heteroatoms. The SMILES string of the molecule is CNS(=O)(=O)c1ccc(C(=O)Nc2ccc(-c3ncc[nH]3)cc2)cc1. The molecule has 1 amide bonds. The van der Waals surface area contributed by atoms with Crippen LogP contribution in [0.25, 0.3) is 11.4 Å². The monoisotopic (exact) mass is 356 g/mol. The van der Waals surface area contributed by atoms with E-state index in [0.29, 0.717) is 11.3 Å². The number of sulfonamides is 1. The van der Waals surface area contributed by atoms with Crippen LogP contribution in [-0.4, -0.2) is 31.3 Å². The number of hydrogen-bond acceptors (Lipinski definition) is 4. The first-order valence-electron chi connectivity index (χ1n) is 7.44. The largest absolute Gasteiger partial charge is 0.345 e. The molecular weight excluding hydrogens is 340 g/mol. The predicted molar refractivity (Wildman–Crippen MR) is 94.7 cm³/mol. The average Bonchev–Trinajstić information content (AvgIpc) is 3.17. The summed E-state index contributed by atoms with van der Waals surface area (Å²) < 4.78 is 25.6. The Morgan fingerprint density at radius 2 is 1.72 bits per heavy atom. The Morgan fingerprint density at radius 1 is 1.04 bits per heavy atom. The molecule has 128 valence electrons. The highest BCUT2D eigenvalue weighted by Crippen LogP contribution is 2.18. The van der Waals surface area contributed by atoms with Gasteiger partial charge in [-0.25, -0.2) is 18.1 Å². The normalized spacial score (nSPS) is 11.2. The van der Waals surface area contributed by atoms with Gasteiger partial charge < -0.3 is 10.3 Å². The lowest BCUT2D eigenvalue weighted by atomic mass is 10.1. The number of amides is 1. The number of carbonyl (C=O) groups excluding carboxylic acids is 1. The second-order valence-corrected chi connectivity index (χ2v) is 7.09. The Balaban J connectivity index is 1.72. The topological polar surface area (TPSA) is 104 Å². The molecule has 0 radical (unpaired) electrons. The first-order chi connectivity index (χ1) is 12.0. The van der Waals surface area contributed by atoms with E-state index in [1.54, 1.807) is 24.5 Å². The highest BCUT2D eigenvalue weighted by Gasteiger charge is 2.13. The van der Waals surface area contributed by atoms with E-state index in [1.807, 2.05) is 12.1 Å². The molecule has 0 bridgehead atoms. The summed E-state index contributed by atoms with van der Waals surface area (Å²) in [6.07, 6.45) is 3.41. The van der Waals surface area contributed by atoms with Gasteiger partial charge in [-0.05, 0) is 55.6 Å². The van der Waals surface area contributed by atoms with Gasteiger partial charge in [0, 0.05) is 29.2 Å². The number of H-pyrrole nitrogens is 1. The summed E-state index contributed by atoms with van der Waals surface area (Å²) >= 11 is 0. The molecule has 25 heavy (non-hydrogen) atoms. The highest BCUT2D eigenvalue weighted by atomic mass is 32.2. The smallest absolute Gasteiger partial charge is 0.255 e. The minimum atomic E-state index is -3.52. The summed E-state index contributed by atoms with van der Waals surface area (Å²) in [5, 5.41) is 2.77. The molecule has 0 aliphatic rings. The van der Waals surface area contributed by atoms with Crippen LogP contribution in [0.15, 0.2) is 65.8 Å². The van der Waals surface area contributed by atoms with Gasteiger partial charge in [-0.3, -0.25) is 4.79 Å². The molecule has 1 heterocycles. The first-order valence-corrected chi connectivity index (χ1v) is 8.93. The number of benzene rings is 2. The van der Waals surface area contributed by atoms with Crippen molar-refractivity contribution in [1.82, 2.24) is 14.7 Å². The van der Waals surface area contributed by atoms with Crippen LogP contribution in [0.4, 0.5) is 5.69 Å². The van der Waals surface area contributed by atoms with Crippen molar-refractivity contribution in [2.24, 2.45) is 0 Å². The Bertz CT molecular complexity index is 964. The van der Waals surface area contributed by atoms with Gasteiger partial charge in [-0.15, -0.1) is 0 Å². The number of aromatic nitrogens is 2. The second kappa shape index (κ2) is 6.88. The van der Waals surface area contributed by atoms with Crippen LogP contribution in [-0.2, 0) is 10.0 Å². The minimum Gasteiger partial charge on any atom is -0.345 e. The van der Waals surface area contributed by atoms with Crippen molar-refractivity contribution in [3.8, 4) is 11.4 Å². The van der Waals surface area contributed by atoms with E-state index >= 15 is 0 Å². The number of anilines is 1. The average molecular weight is 356 g/mol. The Kier molecular flexibility index (Phi) is 4.64. The number of rotatable bonds is 5. The molecule has 0 fully saturated rings. The lowest BCUT2D eigenvalue weighted by Crippen LogP contribution is -2.19. The third-order valence-corrected chi connectivity index (χ3v) is 5.04. The lowest BCUT2D eigenvalue weighted by Gasteiger charge is -2.07. The Hall–Kier alpha value is -2.97. The maximum Gasteiger partial charge on any atom is 0.255 e. The predicted octanol–water partition coefficient (Wildman–Crippen LogP) is 2.24. The summed E-state index contributed by atoms with van der Waals surface area (Å²) in [4.78, 5) is 19.5. The molecule has 3 N–H and O–H groups in total. The molecule has 2 aromatic carbocycles. The summed E-state index contributed by atoms with van der Waals surface area (Å²) in [5.41, 5.74) is 1.90. The maximum absolute atomic E-state index is 12.3. The van der Waals surface area contributed by atoms with E-state index in [2.05, 4.69) is 20.0 Å². The van der Waals surface area contributed by atoms with Gasteiger partial charge in [0.2, 0.25) is 10.0 Å². The fourth-order valence-corrected chi connectivity index (χ4v) is 2.97. The highest BCUT2D eigenvalue weighted by molar-refractivity contribution is 7.89. The molecule has 3 rings (SSSR count). The summed E-state index contributed by atoms with van der Waals surface area (Å²) in [5.74, 6) is 0.429. The third kappa shape index (κ3) is 3.76. The molecule has 0 spiro atoms. The molecule has 0 unspecified atom stereocenters. The fourth-order valence-electron chi connectivity index (χ4n) is 2.24. The first kappa shape index (κ1) is 16.9. The van der Waals surface area contributed by atoms with Gasteiger partial charge in [0.25, 0.3) is 5.91 Å². The number of hydrogen-bond donors (Lipinski definition) is 3. The van der Waals surface area contributed by atoms with Crippen LogP contribution in [0, 0.1) is 0 Å². The van der Waals surface area contributed by atoms with Crippen LogP contribution < -0.4 is 10.0 Å². The third-order valence-electron chi connectivity index (χ3n) is 3.61. The fraction of sp³-hybridized carbons (Fsp3) is 0.0588. The molecular formula is C17H16N4O3S. The van der Waals surface area contributed by atoms with Gasteiger partial charge in [0.15, 0.2) is 0 Å². The molecule has 0 saturated heterocycles. The van der Waals surface area contributed by atoms with Gasteiger partial charge in [0.1, 0.15) is 5.82 Å². The van der Waals surface area contributed by atoms with E-state index in [9.17, 15) is 13.2 Å². The second-order valence-electron chi connectivity index (χ2n) is 5.20. The van der Waals surface area contributed by atoms with E-state index in [0.717, 1.165) is 11.4 Å². The summed E-state index contributed by atoms with van der Waals surface area (Å²) in [7, 11) is -2.18. The van der Waals surface area contributed by atoms with Crippen molar-refractivity contribution in [3.05, 3.63) is 66.5 Å². The zero-order valence-electron chi connectivity index (χ0n) is 13.4. The summed E-state index contributed by atoms with van der Waals surface area (Å²) in [6, 6.07) is 13.0. The molecule has 0 aliphatic heterocycles. The number of carbonyl (C=O) groups is 1. The van der Waals surface area contributed by atoms with E-state index in [4.69, 9.17) is 0 Å². The van der Waals surface area contributed by atoms with Crippen LogP contribution in [0.5, 0.6) is 0 Å². The van der Waals surface area contributed by atoms with E-state index < -0.39 is 10.0 Å². The van der Waals surface area contributed by atoms with Gasteiger partial charge >= 0.3 is 0 Å². The van der Waals surface area contributed by atoms with Crippen LogP contribution in [0.2, 0.25) is 0 Å². The van der Waals surface area contributed by atoms with Crippen molar-refractivity contribution < 1.29 is 13.2 Å². The van der Waals surface area contributed by atoms with Crippen LogP contribution >= 0.6 is 0 Å². The van der Waals surface area contributed by atoms with Crippen molar-refractivity contribution in [2.75, 3.05) is 12.4 Å². The number of imidazole rings is 1. The molecule has 7 nitrogen and oxygen atoms in total. The van der Waals surface area contributed by atoms with Crippen molar-refractivity contribution in [1.29, 1.82) is 0 Å². The maximum atomic E-state index is 12.3. The van der Waals surface area contributed by atoms with E-state index in [-0.39, 0.29) is 10.8 Å². The lowest BCUT2D eigenvalue weighted by molar-refractivity contribution is 0.102. The number of aromatic amines is 1. The molecule has 0 aliphatic carbocycles. The Labute approximate surface area is 145 Å². The quantitative estimate of drug-likeness (QED) is 0.652. The number of nitrogens with zero attached hydrogens (tertiary/aromatic N) is 1. The molecule has 0 atom stereocenters. The van der Waals surface area contributed by atoms with Gasteiger partial charge in [-0.1, -0.05) is 0 Å². The van der Waals surface area contributed by atoms with Crippen molar-refractivity contribution in [2.45, 2.75) is 4.90 Å². The van der Waals surface area contributed by atoms with Crippen LogP contribution in [0.1, 0.15) is 10.4 Å². The van der Waals surface area contributed by atoms with Crippen molar-refractivity contribution >= 4 is 21.6 Å². The summed E-state index contributed by atoms with van der Waals surface area (Å²) in [6.45, 7) is 0. The van der Waals surface area contributed by atoms with Gasteiger partial charge in [-0.2, -0.15) is 0 Å². The minimum absolute atomic E-state index is 0.106. The molecule has 1 aromatic heterocycles. The zero-order valence-corrected chi connectivity index (χ0v) is 14.2. The van der Waals surface area contributed by atoms with Gasteiger partial charge in [0.05, 0.1) is 4.90 Å². The standard InChI is InChI=1S/C17H16N4O3S/c1-18-25(23,24)15-8-4-13(5-9-15)17(22)21-14-6-2-12(3-7-14)16-19-10-11-20-16/h2-11,18H,1H3,(H,19,20)(H,21,22). The Morgan fingerprint density at radius 3 is 2.28 bits per heavy atom. The molecule has 3 aromatic rings. The van der Waals surface area contributed by atoms with E-state index in [1.165, 1.54) is 31.3 Å². The molecule has 0 saturated carbocycles. The van der Waals surface area contributed by atoms with Crippen LogP contribution in [0.3, 0.4) is 0 Å². The number of nitrogens with one attached hydrogen (secondary N) is 3. The van der Waals surface area contributed by atoms with Crippen molar-refractivity contribution in [3.63, 3.8) is 0 Å². The zero-order chi connectivity index (χ0) is 17.9.